The molecule has 1 rings (SSSR count). The molecule has 0 aliphatic rings. The zero-order valence-corrected chi connectivity index (χ0v) is 17.9. The molecule has 0 heterocycles. The normalized spacial score (nSPS) is 15.0. The number of carbonyl (C=O) groups is 3. The lowest BCUT2D eigenvalue weighted by Crippen LogP contribution is -2.55. The maximum Gasteiger partial charge on any atom is 0.326 e. The maximum atomic E-state index is 12.7. The van der Waals surface area contributed by atoms with Crippen LogP contribution in [0.25, 0.3) is 0 Å². The summed E-state index contributed by atoms with van der Waals surface area (Å²) in [5.41, 5.74) is 6.60. The van der Waals surface area contributed by atoms with Crippen LogP contribution in [-0.4, -0.2) is 58.1 Å². The minimum atomic E-state index is -1.18. The Hall–Kier alpha value is -2.26. The van der Waals surface area contributed by atoms with Crippen molar-refractivity contribution in [2.45, 2.75) is 51.2 Å². The number of hydrogen-bond donors (Lipinski definition) is 5. The number of carbonyl (C=O) groups excluding carboxylic acids is 2. The van der Waals surface area contributed by atoms with Crippen LogP contribution in [0, 0.1) is 5.92 Å². The van der Waals surface area contributed by atoms with E-state index in [-0.39, 0.29) is 18.1 Å². The van der Waals surface area contributed by atoms with Gasteiger partial charge in [0, 0.05) is 6.42 Å². The number of carboxylic acids is 1. The van der Waals surface area contributed by atoms with E-state index in [4.69, 9.17) is 5.73 Å². The van der Waals surface area contributed by atoms with Crippen molar-refractivity contribution in [1.82, 2.24) is 10.6 Å². The van der Waals surface area contributed by atoms with Gasteiger partial charge in [0.15, 0.2) is 0 Å². The number of amides is 2. The van der Waals surface area contributed by atoms with Crippen LogP contribution < -0.4 is 16.4 Å². The van der Waals surface area contributed by atoms with Gasteiger partial charge in [0.2, 0.25) is 11.8 Å². The zero-order chi connectivity index (χ0) is 22.0. The highest BCUT2D eigenvalue weighted by atomic mass is 32.2. The van der Waals surface area contributed by atoms with E-state index in [1.807, 2.05) is 20.1 Å². The molecule has 0 saturated heterocycles. The minimum Gasteiger partial charge on any atom is -0.508 e. The third-order valence-electron chi connectivity index (χ3n) is 4.79. The van der Waals surface area contributed by atoms with Gasteiger partial charge in [-0.3, -0.25) is 9.59 Å². The summed E-state index contributed by atoms with van der Waals surface area (Å²) in [5.74, 6) is -1.52. The molecule has 1 aromatic rings. The SMILES string of the molecule is CCC(C)C(N)C(=O)NC(CCSC)C(=O)NC(Cc1ccc(O)cc1)C(=O)O. The summed E-state index contributed by atoms with van der Waals surface area (Å²) in [6, 6.07) is 3.32. The predicted molar refractivity (Wildman–Crippen MR) is 114 cm³/mol. The van der Waals surface area contributed by atoms with E-state index in [9.17, 15) is 24.6 Å². The fourth-order valence-electron chi connectivity index (χ4n) is 2.62. The van der Waals surface area contributed by atoms with E-state index >= 15 is 0 Å². The molecule has 8 nitrogen and oxygen atoms in total. The Morgan fingerprint density at radius 3 is 2.21 bits per heavy atom. The maximum absolute atomic E-state index is 12.7. The number of hydrogen-bond acceptors (Lipinski definition) is 6. The Bertz CT molecular complexity index is 683. The number of nitrogens with two attached hydrogens (primary N) is 1. The monoisotopic (exact) mass is 425 g/mol. The second-order valence-corrected chi connectivity index (χ2v) is 8.01. The van der Waals surface area contributed by atoms with Gasteiger partial charge in [0.05, 0.1) is 6.04 Å². The van der Waals surface area contributed by atoms with Crippen LogP contribution in [0.4, 0.5) is 0 Å². The quantitative estimate of drug-likeness (QED) is 0.338. The van der Waals surface area contributed by atoms with E-state index in [1.54, 1.807) is 12.1 Å². The number of thioether (sulfide) groups is 1. The van der Waals surface area contributed by atoms with Crippen LogP contribution >= 0.6 is 11.8 Å². The average molecular weight is 426 g/mol. The van der Waals surface area contributed by atoms with Gasteiger partial charge in [-0.1, -0.05) is 32.4 Å². The van der Waals surface area contributed by atoms with Gasteiger partial charge in [-0.25, -0.2) is 4.79 Å². The van der Waals surface area contributed by atoms with Crippen molar-refractivity contribution in [2.75, 3.05) is 12.0 Å². The van der Waals surface area contributed by atoms with Crippen LogP contribution in [0.3, 0.4) is 0 Å². The summed E-state index contributed by atoms with van der Waals surface area (Å²) in [7, 11) is 0. The second-order valence-electron chi connectivity index (χ2n) is 7.02. The van der Waals surface area contributed by atoms with Crippen LogP contribution in [0.5, 0.6) is 5.75 Å². The molecular weight excluding hydrogens is 394 g/mol. The van der Waals surface area contributed by atoms with Crippen molar-refractivity contribution in [3.8, 4) is 5.75 Å². The number of phenols is 1. The fraction of sp³-hybridized carbons (Fsp3) is 0.550. The summed E-state index contributed by atoms with van der Waals surface area (Å²) in [6.45, 7) is 3.79. The number of aromatic hydroxyl groups is 1. The first-order chi connectivity index (χ1) is 13.7. The van der Waals surface area contributed by atoms with Crippen LogP contribution in [0.15, 0.2) is 24.3 Å². The lowest BCUT2D eigenvalue weighted by molar-refractivity contribution is -0.142. The van der Waals surface area contributed by atoms with Gasteiger partial charge in [-0.2, -0.15) is 11.8 Å². The molecule has 0 aliphatic carbocycles. The van der Waals surface area contributed by atoms with Crippen LogP contribution in [-0.2, 0) is 20.8 Å². The van der Waals surface area contributed by atoms with E-state index in [2.05, 4.69) is 10.6 Å². The highest BCUT2D eigenvalue weighted by Crippen LogP contribution is 2.12. The summed E-state index contributed by atoms with van der Waals surface area (Å²) in [6.07, 6.45) is 3.02. The Morgan fingerprint density at radius 1 is 1.10 bits per heavy atom. The standard InChI is InChI=1S/C20H31N3O5S/c1-4-12(2)17(21)19(26)22-15(9-10-29-3)18(25)23-16(20(27)28)11-13-5-7-14(24)8-6-13/h5-8,12,15-17,24H,4,9-11,21H2,1-3H3,(H,22,26)(H,23,25)(H,27,28). The lowest BCUT2D eigenvalue weighted by Gasteiger charge is -2.24. The largest absolute Gasteiger partial charge is 0.508 e. The highest BCUT2D eigenvalue weighted by Gasteiger charge is 2.29. The molecule has 9 heteroatoms. The first-order valence-corrected chi connectivity index (χ1v) is 10.9. The lowest BCUT2D eigenvalue weighted by atomic mass is 9.99. The smallest absolute Gasteiger partial charge is 0.326 e. The number of phenolic OH excluding ortho intramolecular Hbond substituents is 1. The third-order valence-corrected chi connectivity index (χ3v) is 5.44. The molecule has 1 aromatic carbocycles. The molecule has 162 valence electrons. The molecule has 0 aromatic heterocycles. The van der Waals surface area contributed by atoms with Crippen molar-refractivity contribution >= 4 is 29.5 Å². The molecule has 0 aliphatic heterocycles. The summed E-state index contributed by atoms with van der Waals surface area (Å²) < 4.78 is 0. The van der Waals surface area contributed by atoms with Gasteiger partial charge in [-0.05, 0) is 42.0 Å². The molecule has 0 bridgehead atoms. The third kappa shape index (κ3) is 8.33. The van der Waals surface area contributed by atoms with E-state index in [0.29, 0.717) is 17.7 Å². The number of rotatable bonds is 12. The summed E-state index contributed by atoms with van der Waals surface area (Å²) in [4.78, 5) is 36.8. The highest BCUT2D eigenvalue weighted by molar-refractivity contribution is 7.98. The topological polar surface area (TPSA) is 142 Å². The second kappa shape index (κ2) is 12.3. The van der Waals surface area contributed by atoms with Crippen molar-refractivity contribution in [3.05, 3.63) is 29.8 Å². The molecule has 29 heavy (non-hydrogen) atoms. The van der Waals surface area contributed by atoms with E-state index in [1.165, 1.54) is 23.9 Å². The molecule has 0 saturated carbocycles. The minimum absolute atomic E-state index is 0.0412. The zero-order valence-electron chi connectivity index (χ0n) is 17.1. The van der Waals surface area contributed by atoms with Crippen LogP contribution in [0.1, 0.15) is 32.3 Å². The molecule has 0 radical (unpaired) electrons. The number of nitrogens with one attached hydrogen (secondary N) is 2. The first kappa shape index (κ1) is 24.8. The van der Waals surface area contributed by atoms with Crippen molar-refractivity contribution < 1.29 is 24.6 Å². The van der Waals surface area contributed by atoms with Crippen molar-refractivity contribution in [3.63, 3.8) is 0 Å². The Labute approximate surface area is 175 Å². The number of carboxylic acid groups (broad SMARTS) is 1. The number of benzene rings is 1. The van der Waals surface area contributed by atoms with Crippen molar-refractivity contribution in [2.24, 2.45) is 11.7 Å². The molecule has 6 N–H and O–H groups in total. The molecule has 0 spiro atoms. The fourth-order valence-corrected chi connectivity index (χ4v) is 3.10. The Morgan fingerprint density at radius 2 is 1.69 bits per heavy atom. The summed E-state index contributed by atoms with van der Waals surface area (Å²) in [5, 5.41) is 24.0. The molecule has 0 fully saturated rings. The van der Waals surface area contributed by atoms with E-state index < -0.39 is 35.9 Å². The van der Waals surface area contributed by atoms with E-state index in [0.717, 1.165) is 6.42 Å². The van der Waals surface area contributed by atoms with Gasteiger partial charge in [0.1, 0.15) is 17.8 Å². The van der Waals surface area contributed by atoms with Crippen LogP contribution in [0.2, 0.25) is 0 Å². The Kier molecular flexibility index (Phi) is 10.5. The molecular formula is C20H31N3O5S. The summed E-state index contributed by atoms with van der Waals surface area (Å²) >= 11 is 1.52. The Balaban J connectivity index is 2.85. The average Bonchev–Trinajstić information content (AvgIpc) is 2.70. The predicted octanol–water partition coefficient (Wildman–Crippen LogP) is 1.12. The first-order valence-electron chi connectivity index (χ1n) is 9.55. The van der Waals surface area contributed by atoms with Gasteiger partial charge >= 0.3 is 5.97 Å². The van der Waals surface area contributed by atoms with Gasteiger partial charge in [-0.15, -0.1) is 0 Å². The number of aliphatic carboxylic acids is 1. The van der Waals surface area contributed by atoms with Gasteiger partial charge < -0.3 is 26.6 Å². The van der Waals surface area contributed by atoms with Crippen molar-refractivity contribution in [1.29, 1.82) is 0 Å². The molecule has 4 atom stereocenters. The van der Waals surface area contributed by atoms with Gasteiger partial charge in [0.25, 0.3) is 0 Å². The molecule has 4 unspecified atom stereocenters. The molecule has 2 amide bonds.